The van der Waals surface area contributed by atoms with E-state index >= 15 is 0 Å². The summed E-state index contributed by atoms with van der Waals surface area (Å²) in [4.78, 5) is 11.1. The van der Waals surface area contributed by atoms with E-state index in [-0.39, 0.29) is 5.91 Å². The minimum atomic E-state index is 0.0225. The van der Waals surface area contributed by atoms with Crippen molar-refractivity contribution < 1.29 is 9.53 Å². The van der Waals surface area contributed by atoms with Gasteiger partial charge in [-0.1, -0.05) is 0 Å². The van der Waals surface area contributed by atoms with Gasteiger partial charge in [-0.25, -0.2) is 0 Å². The Morgan fingerprint density at radius 1 is 1.31 bits per heavy atom. The highest BCUT2D eigenvalue weighted by atomic mass is 16.5. The molecular weight excluding hydrogens is 204 g/mol. The molecule has 1 rings (SSSR count). The molecule has 1 aromatic carbocycles. The third-order valence-corrected chi connectivity index (χ3v) is 2.11. The van der Waals surface area contributed by atoms with Crippen LogP contribution >= 0.6 is 0 Å². The van der Waals surface area contributed by atoms with Gasteiger partial charge in [-0.05, 0) is 31.2 Å². The minimum absolute atomic E-state index is 0.0225. The first-order valence-electron chi connectivity index (χ1n) is 5.43. The van der Waals surface area contributed by atoms with E-state index in [2.05, 4.69) is 10.6 Å². The first kappa shape index (κ1) is 12.4. The molecule has 4 nitrogen and oxygen atoms in total. The zero-order chi connectivity index (χ0) is 11.8. The lowest BCUT2D eigenvalue weighted by atomic mass is 10.3. The summed E-state index contributed by atoms with van der Waals surface area (Å²) in [7, 11) is 1.87. The van der Waals surface area contributed by atoms with Gasteiger partial charge in [0.25, 0.3) is 0 Å². The molecule has 0 unspecified atom stereocenters. The second-order valence-electron chi connectivity index (χ2n) is 3.33. The van der Waals surface area contributed by atoms with Crippen LogP contribution in [0, 0.1) is 0 Å². The summed E-state index contributed by atoms with van der Waals surface area (Å²) in [5.74, 6) is 0.803. The SMILES string of the molecule is CCNC(=O)CCOc1ccc(NC)cc1. The number of benzene rings is 1. The minimum Gasteiger partial charge on any atom is -0.493 e. The largest absolute Gasteiger partial charge is 0.493 e. The van der Waals surface area contributed by atoms with Gasteiger partial charge in [-0.2, -0.15) is 0 Å². The highest BCUT2D eigenvalue weighted by Gasteiger charge is 1.99. The maximum atomic E-state index is 11.1. The van der Waals surface area contributed by atoms with Crippen molar-refractivity contribution in [2.24, 2.45) is 0 Å². The Hall–Kier alpha value is -1.71. The molecule has 0 saturated heterocycles. The van der Waals surface area contributed by atoms with E-state index in [1.807, 2.05) is 38.2 Å². The molecule has 16 heavy (non-hydrogen) atoms. The molecule has 0 aliphatic heterocycles. The lowest BCUT2D eigenvalue weighted by Gasteiger charge is -2.07. The molecule has 1 aromatic rings. The zero-order valence-corrected chi connectivity index (χ0v) is 9.75. The average Bonchev–Trinajstić information content (AvgIpc) is 2.30. The summed E-state index contributed by atoms with van der Waals surface area (Å²) in [6.45, 7) is 2.97. The van der Waals surface area contributed by atoms with E-state index in [4.69, 9.17) is 4.74 Å². The number of hydrogen-bond acceptors (Lipinski definition) is 3. The molecule has 0 fully saturated rings. The van der Waals surface area contributed by atoms with Gasteiger partial charge in [-0.3, -0.25) is 4.79 Å². The summed E-state index contributed by atoms with van der Waals surface area (Å²) >= 11 is 0. The van der Waals surface area contributed by atoms with Gasteiger partial charge in [0.1, 0.15) is 5.75 Å². The van der Waals surface area contributed by atoms with Crippen LogP contribution in [0.2, 0.25) is 0 Å². The second-order valence-corrected chi connectivity index (χ2v) is 3.33. The first-order chi connectivity index (χ1) is 7.76. The monoisotopic (exact) mass is 222 g/mol. The third kappa shape index (κ3) is 4.21. The maximum absolute atomic E-state index is 11.1. The summed E-state index contributed by atoms with van der Waals surface area (Å²) < 4.78 is 5.43. The fourth-order valence-electron chi connectivity index (χ4n) is 1.26. The Morgan fingerprint density at radius 3 is 2.56 bits per heavy atom. The van der Waals surface area contributed by atoms with Crippen LogP contribution in [0.3, 0.4) is 0 Å². The van der Waals surface area contributed by atoms with Crippen molar-refractivity contribution in [3.8, 4) is 5.75 Å². The van der Waals surface area contributed by atoms with Crippen LogP contribution in [0.5, 0.6) is 5.75 Å². The molecule has 88 valence electrons. The smallest absolute Gasteiger partial charge is 0.223 e. The lowest BCUT2D eigenvalue weighted by molar-refractivity contribution is -0.121. The summed E-state index contributed by atoms with van der Waals surface area (Å²) in [6, 6.07) is 7.62. The molecule has 0 bridgehead atoms. The zero-order valence-electron chi connectivity index (χ0n) is 9.75. The Morgan fingerprint density at radius 2 is 2.00 bits per heavy atom. The van der Waals surface area contributed by atoms with Gasteiger partial charge in [0.15, 0.2) is 0 Å². The Bertz CT molecular complexity index is 322. The third-order valence-electron chi connectivity index (χ3n) is 2.11. The van der Waals surface area contributed by atoms with E-state index in [0.717, 1.165) is 11.4 Å². The Balaban J connectivity index is 2.29. The van der Waals surface area contributed by atoms with Gasteiger partial charge in [-0.15, -0.1) is 0 Å². The van der Waals surface area contributed by atoms with Crippen molar-refractivity contribution in [1.82, 2.24) is 5.32 Å². The standard InChI is InChI=1S/C12H18N2O2/c1-3-14-12(15)8-9-16-11-6-4-10(13-2)5-7-11/h4-7,13H,3,8-9H2,1-2H3,(H,14,15). The molecule has 4 heteroatoms. The number of carbonyl (C=O) groups excluding carboxylic acids is 1. The van der Waals surface area contributed by atoms with Gasteiger partial charge in [0, 0.05) is 19.3 Å². The van der Waals surface area contributed by atoms with Crippen LogP contribution in [-0.4, -0.2) is 26.1 Å². The highest BCUT2D eigenvalue weighted by molar-refractivity contribution is 5.75. The number of ether oxygens (including phenoxy) is 1. The fraction of sp³-hybridized carbons (Fsp3) is 0.417. The van der Waals surface area contributed by atoms with E-state index in [1.165, 1.54) is 0 Å². The van der Waals surface area contributed by atoms with E-state index in [1.54, 1.807) is 0 Å². The topological polar surface area (TPSA) is 50.4 Å². The van der Waals surface area contributed by atoms with Crippen molar-refractivity contribution in [3.05, 3.63) is 24.3 Å². The maximum Gasteiger partial charge on any atom is 0.223 e. The molecular formula is C12H18N2O2. The molecule has 0 aromatic heterocycles. The van der Waals surface area contributed by atoms with Crippen molar-refractivity contribution in [2.75, 3.05) is 25.5 Å². The number of hydrogen-bond donors (Lipinski definition) is 2. The van der Waals surface area contributed by atoms with Crippen LogP contribution < -0.4 is 15.4 Å². The second kappa shape index (κ2) is 6.71. The van der Waals surface area contributed by atoms with Crippen molar-refractivity contribution >= 4 is 11.6 Å². The lowest BCUT2D eigenvalue weighted by Crippen LogP contribution is -2.24. The molecule has 0 heterocycles. The molecule has 0 saturated carbocycles. The van der Waals surface area contributed by atoms with E-state index in [9.17, 15) is 4.79 Å². The summed E-state index contributed by atoms with van der Waals surface area (Å²) in [6.07, 6.45) is 0.390. The molecule has 2 N–H and O–H groups in total. The van der Waals surface area contributed by atoms with Crippen LogP contribution in [0.25, 0.3) is 0 Å². The van der Waals surface area contributed by atoms with Gasteiger partial charge < -0.3 is 15.4 Å². The molecule has 0 radical (unpaired) electrons. The number of anilines is 1. The van der Waals surface area contributed by atoms with Crippen LogP contribution in [-0.2, 0) is 4.79 Å². The van der Waals surface area contributed by atoms with Crippen molar-refractivity contribution in [2.45, 2.75) is 13.3 Å². The van der Waals surface area contributed by atoms with Crippen molar-refractivity contribution in [1.29, 1.82) is 0 Å². The number of rotatable bonds is 6. The predicted octanol–water partition coefficient (Wildman–Crippen LogP) is 1.63. The molecule has 0 aliphatic rings. The van der Waals surface area contributed by atoms with E-state index in [0.29, 0.717) is 19.6 Å². The normalized spacial score (nSPS) is 9.62. The number of carbonyl (C=O) groups is 1. The number of amides is 1. The number of nitrogens with one attached hydrogen (secondary N) is 2. The average molecular weight is 222 g/mol. The predicted molar refractivity (Wildman–Crippen MR) is 64.8 cm³/mol. The summed E-state index contributed by atoms with van der Waals surface area (Å²) in [5.41, 5.74) is 1.04. The fourth-order valence-corrected chi connectivity index (χ4v) is 1.26. The first-order valence-corrected chi connectivity index (χ1v) is 5.43. The van der Waals surface area contributed by atoms with Crippen molar-refractivity contribution in [3.63, 3.8) is 0 Å². The molecule has 0 aliphatic carbocycles. The molecule has 0 atom stereocenters. The van der Waals surface area contributed by atoms with Gasteiger partial charge in [0.2, 0.25) is 5.91 Å². The van der Waals surface area contributed by atoms with Gasteiger partial charge >= 0.3 is 0 Å². The van der Waals surface area contributed by atoms with Crippen LogP contribution in [0.1, 0.15) is 13.3 Å². The summed E-state index contributed by atoms with van der Waals surface area (Å²) in [5, 5.41) is 5.75. The molecule has 1 amide bonds. The molecule has 0 spiro atoms. The Kier molecular flexibility index (Phi) is 5.19. The van der Waals surface area contributed by atoms with E-state index < -0.39 is 0 Å². The van der Waals surface area contributed by atoms with Crippen LogP contribution in [0.4, 0.5) is 5.69 Å². The highest BCUT2D eigenvalue weighted by Crippen LogP contribution is 2.14. The van der Waals surface area contributed by atoms with Crippen LogP contribution in [0.15, 0.2) is 24.3 Å². The Labute approximate surface area is 96.0 Å². The van der Waals surface area contributed by atoms with Gasteiger partial charge in [0.05, 0.1) is 13.0 Å². The quantitative estimate of drug-likeness (QED) is 0.769.